The van der Waals surface area contributed by atoms with Crippen LogP contribution in [0.25, 0.3) is 0 Å². The fourth-order valence-corrected chi connectivity index (χ4v) is 3.48. The molecule has 1 heterocycles. The maximum absolute atomic E-state index is 13.1. The van der Waals surface area contributed by atoms with Crippen molar-refractivity contribution in [3.8, 4) is 11.5 Å². The first-order chi connectivity index (χ1) is 15.0. The molecule has 0 bridgehead atoms. The molecular weight excluding hydrogens is 398 g/mol. The van der Waals surface area contributed by atoms with Crippen LogP contribution in [0.3, 0.4) is 0 Å². The van der Waals surface area contributed by atoms with Crippen molar-refractivity contribution in [2.75, 3.05) is 26.8 Å². The van der Waals surface area contributed by atoms with Gasteiger partial charge in [0.1, 0.15) is 0 Å². The largest absolute Gasteiger partial charge is 0.493 e. The van der Waals surface area contributed by atoms with E-state index in [1.165, 1.54) is 14.0 Å². The molecule has 1 saturated heterocycles. The summed E-state index contributed by atoms with van der Waals surface area (Å²) in [5.41, 5.74) is 1.10. The normalized spacial score (nSPS) is 14.5. The van der Waals surface area contributed by atoms with Crippen LogP contribution in [-0.4, -0.2) is 49.4 Å². The minimum atomic E-state index is -1.02. The number of ketones is 1. The lowest BCUT2D eigenvalue weighted by atomic mass is 10.1. The Labute approximate surface area is 181 Å². The van der Waals surface area contributed by atoms with Gasteiger partial charge in [-0.15, -0.1) is 0 Å². The van der Waals surface area contributed by atoms with Crippen LogP contribution >= 0.6 is 0 Å². The van der Waals surface area contributed by atoms with Gasteiger partial charge in [-0.2, -0.15) is 0 Å². The number of esters is 1. The van der Waals surface area contributed by atoms with E-state index < -0.39 is 18.7 Å². The van der Waals surface area contributed by atoms with Gasteiger partial charge in [0.25, 0.3) is 5.91 Å². The second-order valence-electron chi connectivity index (χ2n) is 7.38. The molecule has 0 aromatic heterocycles. The standard InChI is InChI=1S/C24H27NO6/c1-17(26)19-11-12-20(21(15-19)29-2)30-16-22(27)31-23(18-9-5-3-6-10-18)24(28)25-13-7-4-8-14-25/h3,5-6,9-12,15,23H,4,7-8,13-14,16H2,1-2H3. The Morgan fingerprint density at radius 1 is 0.968 bits per heavy atom. The number of likely N-dealkylation sites (tertiary alicyclic amines) is 1. The Kier molecular flexibility index (Phi) is 7.65. The smallest absolute Gasteiger partial charge is 0.345 e. The number of nitrogens with zero attached hydrogens (tertiary/aromatic N) is 1. The molecule has 0 spiro atoms. The molecule has 31 heavy (non-hydrogen) atoms. The zero-order chi connectivity index (χ0) is 22.2. The Morgan fingerprint density at radius 2 is 1.68 bits per heavy atom. The van der Waals surface area contributed by atoms with Gasteiger partial charge in [-0.05, 0) is 44.4 Å². The van der Waals surface area contributed by atoms with Crippen LogP contribution in [0.5, 0.6) is 11.5 Å². The lowest BCUT2D eigenvalue weighted by molar-refractivity contribution is -0.163. The molecule has 1 aliphatic heterocycles. The third-order valence-electron chi connectivity index (χ3n) is 5.16. The molecule has 1 atom stereocenters. The number of ether oxygens (including phenoxy) is 3. The van der Waals surface area contributed by atoms with Crippen molar-refractivity contribution in [1.82, 2.24) is 4.90 Å². The zero-order valence-corrected chi connectivity index (χ0v) is 17.8. The highest BCUT2D eigenvalue weighted by molar-refractivity contribution is 5.94. The van der Waals surface area contributed by atoms with Crippen molar-refractivity contribution in [1.29, 1.82) is 0 Å². The second-order valence-corrected chi connectivity index (χ2v) is 7.38. The fraction of sp³-hybridized carbons (Fsp3) is 0.375. The van der Waals surface area contributed by atoms with E-state index in [0.29, 0.717) is 35.7 Å². The van der Waals surface area contributed by atoms with Gasteiger partial charge >= 0.3 is 5.97 Å². The van der Waals surface area contributed by atoms with Crippen molar-refractivity contribution in [2.45, 2.75) is 32.3 Å². The van der Waals surface area contributed by atoms with E-state index >= 15 is 0 Å². The summed E-state index contributed by atoms with van der Waals surface area (Å²) in [6, 6.07) is 13.7. The minimum Gasteiger partial charge on any atom is -0.493 e. The molecule has 7 nitrogen and oxygen atoms in total. The maximum Gasteiger partial charge on any atom is 0.345 e. The van der Waals surface area contributed by atoms with Crippen LogP contribution < -0.4 is 9.47 Å². The maximum atomic E-state index is 13.1. The summed E-state index contributed by atoms with van der Waals surface area (Å²) in [6.07, 6.45) is 1.97. The molecule has 2 aromatic rings. The first-order valence-electron chi connectivity index (χ1n) is 10.3. The van der Waals surface area contributed by atoms with Crippen molar-refractivity contribution in [2.24, 2.45) is 0 Å². The lowest BCUT2D eigenvalue weighted by Gasteiger charge is -2.30. The highest BCUT2D eigenvalue weighted by atomic mass is 16.6. The number of amides is 1. The highest BCUT2D eigenvalue weighted by Gasteiger charge is 2.30. The van der Waals surface area contributed by atoms with Crippen LogP contribution in [0, 0.1) is 0 Å². The molecule has 0 radical (unpaired) electrons. The average Bonchev–Trinajstić information content (AvgIpc) is 2.81. The average molecular weight is 425 g/mol. The molecule has 1 unspecified atom stereocenters. The van der Waals surface area contributed by atoms with Gasteiger partial charge in [0, 0.05) is 24.2 Å². The lowest BCUT2D eigenvalue weighted by Crippen LogP contribution is -2.40. The Bertz CT molecular complexity index is 921. The number of hydrogen-bond donors (Lipinski definition) is 0. The molecule has 164 valence electrons. The monoisotopic (exact) mass is 425 g/mol. The van der Waals surface area contributed by atoms with Gasteiger partial charge in [0.15, 0.2) is 23.9 Å². The molecule has 1 fully saturated rings. The summed E-state index contributed by atoms with van der Waals surface area (Å²) < 4.78 is 16.4. The summed E-state index contributed by atoms with van der Waals surface area (Å²) in [4.78, 5) is 38.9. The fourth-order valence-electron chi connectivity index (χ4n) is 3.48. The molecule has 7 heteroatoms. The first kappa shape index (κ1) is 22.3. The van der Waals surface area contributed by atoms with Gasteiger partial charge in [0.05, 0.1) is 7.11 Å². The summed E-state index contributed by atoms with van der Waals surface area (Å²) in [5.74, 6) is -0.349. The SMILES string of the molecule is COc1cc(C(C)=O)ccc1OCC(=O)OC(C(=O)N1CCCCC1)c1ccccc1. The van der Waals surface area contributed by atoms with Gasteiger partial charge in [-0.3, -0.25) is 9.59 Å². The van der Waals surface area contributed by atoms with Gasteiger partial charge < -0.3 is 19.1 Å². The first-order valence-corrected chi connectivity index (χ1v) is 10.3. The Morgan fingerprint density at radius 3 is 2.32 bits per heavy atom. The quantitative estimate of drug-likeness (QED) is 0.475. The second kappa shape index (κ2) is 10.6. The zero-order valence-electron chi connectivity index (χ0n) is 17.8. The molecule has 3 rings (SSSR count). The van der Waals surface area contributed by atoms with E-state index in [2.05, 4.69) is 0 Å². The number of Topliss-reactive ketones (excluding diaryl/α,β-unsaturated/α-hetero) is 1. The Hall–Kier alpha value is -3.35. The molecule has 0 N–H and O–H groups in total. The van der Waals surface area contributed by atoms with E-state index in [0.717, 1.165) is 19.3 Å². The van der Waals surface area contributed by atoms with E-state index in [9.17, 15) is 14.4 Å². The van der Waals surface area contributed by atoms with Crippen molar-refractivity contribution >= 4 is 17.7 Å². The number of benzene rings is 2. The predicted octanol–water partition coefficient (Wildman–Crippen LogP) is 3.57. The summed E-state index contributed by atoms with van der Waals surface area (Å²) in [6.45, 7) is 2.38. The molecule has 0 saturated carbocycles. The summed E-state index contributed by atoms with van der Waals surface area (Å²) in [7, 11) is 1.45. The molecule has 2 aromatic carbocycles. The van der Waals surface area contributed by atoms with Crippen LogP contribution in [-0.2, 0) is 14.3 Å². The molecule has 0 aliphatic carbocycles. The number of rotatable bonds is 8. The van der Waals surface area contributed by atoms with Gasteiger partial charge in [-0.1, -0.05) is 30.3 Å². The van der Waals surface area contributed by atoms with Crippen molar-refractivity contribution < 1.29 is 28.6 Å². The molecular formula is C24H27NO6. The number of carbonyl (C=O) groups excluding carboxylic acids is 3. The van der Waals surface area contributed by atoms with Crippen molar-refractivity contribution in [3.05, 3.63) is 59.7 Å². The van der Waals surface area contributed by atoms with Crippen LogP contribution in [0.2, 0.25) is 0 Å². The number of piperidine rings is 1. The van der Waals surface area contributed by atoms with Gasteiger partial charge in [0.2, 0.25) is 6.10 Å². The van der Waals surface area contributed by atoms with Crippen LogP contribution in [0.1, 0.15) is 48.2 Å². The van der Waals surface area contributed by atoms with E-state index in [4.69, 9.17) is 14.2 Å². The van der Waals surface area contributed by atoms with E-state index in [1.807, 2.05) is 6.07 Å². The number of methoxy groups -OCH3 is 1. The number of carbonyl (C=O) groups is 3. The third kappa shape index (κ3) is 5.84. The van der Waals surface area contributed by atoms with Gasteiger partial charge in [-0.25, -0.2) is 4.79 Å². The topological polar surface area (TPSA) is 82.1 Å². The van der Waals surface area contributed by atoms with E-state index in [-0.39, 0.29) is 11.7 Å². The molecule has 1 aliphatic rings. The Balaban J connectivity index is 1.69. The predicted molar refractivity (Wildman–Crippen MR) is 114 cm³/mol. The summed E-state index contributed by atoms with van der Waals surface area (Å²) >= 11 is 0. The van der Waals surface area contributed by atoms with Crippen molar-refractivity contribution in [3.63, 3.8) is 0 Å². The summed E-state index contributed by atoms with van der Waals surface area (Å²) in [5, 5.41) is 0. The van der Waals surface area contributed by atoms with Crippen LogP contribution in [0.4, 0.5) is 0 Å². The number of hydrogen-bond acceptors (Lipinski definition) is 6. The highest BCUT2D eigenvalue weighted by Crippen LogP contribution is 2.29. The van der Waals surface area contributed by atoms with E-state index in [1.54, 1.807) is 47.4 Å². The molecule has 1 amide bonds. The third-order valence-corrected chi connectivity index (χ3v) is 5.16. The minimum absolute atomic E-state index is 0.105. The van der Waals surface area contributed by atoms with Crippen LogP contribution in [0.15, 0.2) is 48.5 Å².